The molecular formula is C25H17BrN2O5. The second-order valence-corrected chi connectivity index (χ2v) is 8.76. The van der Waals surface area contributed by atoms with Crippen LogP contribution < -0.4 is 4.90 Å². The lowest BCUT2D eigenvalue weighted by atomic mass is 9.80. The van der Waals surface area contributed by atoms with Crippen molar-refractivity contribution >= 4 is 44.6 Å². The Hall–Kier alpha value is -3.62. The normalized spacial score (nSPS) is 19.3. The smallest absolute Gasteiger partial charge is 0.269 e. The third-order valence-corrected chi connectivity index (χ3v) is 6.63. The van der Waals surface area contributed by atoms with Crippen molar-refractivity contribution in [3.05, 3.63) is 110 Å². The second-order valence-electron chi connectivity index (χ2n) is 7.84. The molecule has 0 saturated heterocycles. The van der Waals surface area contributed by atoms with Crippen LogP contribution >= 0.6 is 15.9 Å². The number of ketones is 1. The Kier molecular flexibility index (Phi) is 4.99. The van der Waals surface area contributed by atoms with Gasteiger partial charge in [-0.2, -0.15) is 0 Å². The molecule has 2 aliphatic rings. The van der Waals surface area contributed by atoms with Crippen LogP contribution in [0.3, 0.4) is 0 Å². The molecular weight excluding hydrogens is 488 g/mol. The molecule has 0 aromatic heterocycles. The van der Waals surface area contributed by atoms with E-state index in [-0.39, 0.29) is 29.6 Å². The van der Waals surface area contributed by atoms with Crippen LogP contribution in [0.2, 0.25) is 0 Å². The largest absolute Gasteiger partial charge is 0.351 e. The summed E-state index contributed by atoms with van der Waals surface area (Å²) in [4.78, 5) is 39.7. The fourth-order valence-corrected chi connectivity index (χ4v) is 4.76. The fourth-order valence-electron chi connectivity index (χ4n) is 4.50. The van der Waals surface area contributed by atoms with Crippen LogP contribution in [0.15, 0.2) is 82.8 Å². The third kappa shape index (κ3) is 3.13. The van der Waals surface area contributed by atoms with Crippen molar-refractivity contribution in [3.63, 3.8) is 0 Å². The molecule has 0 aliphatic carbocycles. The zero-order valence-electron chi connectivity index (χ0n) is 17.4. The third-order valence-electron chi connectivity index (χ3n) is 6.10. The van der Waals surface area contributed by atoms with E-state index in [4.69, 9.17) is 4.74 Å². The van der Waals surface area contributed by atoms with Crippen LogP contribution in [0.1, 0.15) is 21.5 Å². The number of amides is 1. The zero-order valence-corrected chi connectivity index (χ0v) is 19.0. The Morgan fingerprint density at radius 2 is 1.73 bits per heavy atom. The predicted molar refractivity (Wildman–Crippen MR) is 126 cm³/mol. The molecule has 0 N–H and O–H groups in total. The fraction of sp³-hybridized carbons (Fsp3) is 0.120. The summed E-state index contributed by atoms with van der Waals surface area (Å²) in [5, 5.41) is 11.1. The maximum atomic E-state index is 13.9. The highest BCUT2D eigenvalue weighted by atomic mass is 79.9. The summed E-state index contributed by atoms with van der Waals surface area (Å²) in [7, 11) is 1.66. The molecule has 1 unspecified atom stereocenters. The number of hydrogen-bond donors (Lipinski definition) is 0. The first-order chi connectivity index (χ1) is 15.8. The van der Waals surface area contributed by atoms with Crippen LogP contribution in [0.5, 0.6) is 0 Å². The minimum Gasteiger partial charge on any atom is -0.351 e. The molecule has 0 fully saturated rings. The molecule has 3 aromatic rings. The number of non-ortho nitro benzene ring substituents is 1. The Bertz CT molecular complexity index is 1350. The molecule has 0 saturated carbocycles. The van der Waals surface area contributed by atoms with Gasteiger partial charge in [-0.3, -0.25) is 19.7 Å². The second kappa shape index (κ2) is 7.75. The number of rotatable bonds is 4. The standard InChI is InChI=1S/C25H17BrN2O5/c1-27-21-5-3-2-4-20(21)25(24(27)30)22(23(29)16-6-10-17(26)11-7-16)19(14-33-25)15-8-12-18(13-9-15)28(31)32/h2-13H,14H2,1H3. The van der Waals surface area contributed by atoms with Gasteiger partial charge in [0, 0.05) is 34.8 Å². The van der Waals surface area contributed by atoms with Gasteiger partial charge in [0.05, 0.1) is 22.8 Å². The highest BCUT2D eigenvalue weighted by Crippen LogP contribution is 2.53. The monoisotopic (exact) mass is 504 g/mol. The molecule has 0 bridgehead atoms. The van der Waals surface area contributed by atoms with Crippen molar-refractivity contribution in [3.8, 4) is 0 Å². The van der Waals surface area contributed by atoms with E-state index in [2.05, 4.69) is 15.9 Å². The summed E-state index contributed by atoms with van der Waals surface area (Å²) >= 11 is 3.38. The van der Waals surface area contributed by atoms with Crippen molar-refractivity contribution in [1.82, 2.24) is 0 Å². The molecule has 1 atom stereocenters. The lowest BCUT2D eigenvalue weighted by Gasteiger charge is -2.25. The summed E-state index contributed by atoms with van der Waals surface area (Å²) in [6.07, 6.45) is 0. The number of nitro groups is 1. The molecule has 2 aliphatic heterocycles. The van der Waals surface area contributed by atoms with E-state index in [1.807, 2.05) is 18.2 Å². The number of fused-ring (bicyclic) bond motifs is 2. The van der Waals surface area contributed by atoms with Crippen LogP contribution in [0.25, 0.3) is 5.57 Å². The van der Waals surface area contributed by atoms with Gasteiger partial charge >= 0.3 is 0 Å². The first-order valence-electron chi connectivity index (χ1n) is 10.1. The number of nitro benzene ring substituents is 1. The zero-order chi connectivity index (χ0) is 23.3. The quantitative estimate of drug-likeness (QED) is 0.286. The predicted octanol–water partition coefficient (Wildman–Crippen LogP) is 4.90. The van der Waals surface area contributed by atoms with E-state index in [1.54, 1.807) is 49.5 Å². The maximum absolute atomic E-state index is 13.9. The number of Topliss-reactive ketones (excluding diaryl/α,β-unsaturated/α-hetero) is 1. The van der Waals surface area contributed by atoms with Crippen molar-refractivity contribution in [2.45, 2.75) is 5.60 Å². The number of halogens is 1. The minimum atomic E-state index is -1.58. The van der Waals surface area contributed by atoms with E-state index in [0.717, 1.165) is 4.47 Å². The average Bonchev–Trinajstić information content (AvgIpc) is 3.33. The molecule has 0 radical (unpaired) electrons. The van der Waals surface area contributed by atoms with E-state index in [0.29, 0.717) is 28.0 Å². The Morgan fingerprint density at radius 1 is 1.06 bits per heavy atom. The van der Waals surface area contributed by atoms with Gasteiger partial charge in [-0.25, -0.2) is 0 Å². The average molecular weight is 505 g/mol. The lowest BCUT2D eigenvalue weighted by molar-refractivity contribution is -0.384. The SMILES string of the molecule is CN1C(=O)C2(OCC(c3ccc([N+](=O)[O-])cc3)=C2C(=O)c2ccc(Br)cc2)c2ccccc21. The number of anilines is 1. The Labute approximate surface area is 197 Å². The first-order valence-corrected chi connectivity index (χ1v) is 10.9. The summed E-state index contributed by atoms with van der Waals surface area (Å²) in [6, 6.07) is 20.1. The molecule has 8 heteroatoms. The van der Waals surface area contributed by atoms with Gasteiger partial charge in [0.25, 0.3) is 11.6 Å². The lowest BCUT2D eigenvalue weighted by Crippen LogP contribution is -2.42. The maximum Gasteiger partial charge on any atom is 0.269 e. The van der Waals surface area contributed by atoms with Gasteiger partial charge in [-0.1, -0.05) is 34.1 Å². The van der Waals surface area contributed by atoms with E-state index in [9.17, 15) is 19.7 Å². The minimum absolute atomic E-state index is 0.0172. The van der Waals surface area contributed by atoms with Crippen molar-refractivity contribution in [2.75, 3.05) is 18.6 Å². The number of hydrogen-bond acceptors (Lipinski definition) is 5. The van der Waals surface area contributed by atoms with Crippen LogP contribution in [-0.2, 0) is 15.1 Å². The summed E-state index contributed by atoms with van der Waals surface area (Å²) < 4.78 is 7.03. The molecule has 164 valence electrons. The van der Waals surface area contributed by atoms with Gasteiger partial charge in [-0.05, 0) is 53.6 Å². The van der Waals surface area contributed by atoms with Crippen LogP contribution in [-0.4, -0.2) is 30.3 Å². The summed E-state index contributed by atoms with van der Waals surface area (Å²) in [6.45, 7) is 0.0172. The van der Waals surface area contributed by atoms with Gasteiger partial charge < -0.3 is 9.64 Å². The number of carbonyl (C=O) groups excluding carboxylic acids is 2. The number of nitrogens with zero attached hydrogens (tertiary/aromatic N) is 2. The van der Waals surface area contributed by atoms with E-state index in [1.165, 1.54) is 17.0 Å². The van der Waals surface area contributed by atoms with E-state index >= 15 is 0 Å². The Balaban J connectivity index is 1.76. The molecule has 33 heavy (non-hydrogen) atoms. The van der Waals surface area contributed by atoms with Gasteiger partial charge in [-0.15, -0.1) is 0 Å². The summed E-state index contributed by atoms with van der Waals surface area (Å²) in [5.41, 5.74) is 1.43. The van der Waals surface area contributed by atoms with Crippen LogP contribution in [0, 0.1) is 10.1 Å². The summed E-state index contributed by atoms with van der Waals surface area (Å²) in [5.74, 6) is -0.673. The van der Waals surface area contributed by atoms with Crippen LogP contribution in [0.4, 0.5) is 11.4 Å². The molecule has 3 aromatic carbocycles. The first kappa shape index (κ1) is 21.2. The molecule has 5 rings (SSSR count). The van der Waals surface area contributed by atoms with E-state index < -0.39 is 10.5 Å². The van der Waals surface area contributed by atoms with Crippen molar-refractivity contribution in [2.24, 2.45) is 0 Å². The van der Waals surface area contributed by atoms with Gasteiger partial charge in [0.2, 0.25) is 5.60 Å². The number of likely N-dealkylation sites (N-methyl/N-ethyl adjacent to an activating group) is 1. The molecule has 1 amide bonds. The number of benzene rings is 3. The topological polar surface area (TPSA) is 89.8 Å². The number of para-hydroxylation sites is 1. The van der Waals surface area contributed by atoms with Crippen molar-refractivity contribution in [1.29, 1.82) is 0 Å². The Morgan fingerprint density at radius 3 is 2.39 bits per heavy atom. The molecule has 1 spiro atoms. The molecule has 7 nitrogen and oxygen atoms in total. The highest BCUT2D eigenvalue weighted by Gasteiger charge is 2.59. The highest BCUT2D eigenvalue weighted by molar-refractivity contribution is 9.10. The van der Waals surface area contributed by atoms with Gasteiger partial charge in [0.15, 0.2) is 5.78 Å². The number of carbonyl (C=O) groups is 2. The van der Waals surface area contributed by atoms with Crippen molar-refractivity contribution < 1.29 is 19.2 Å². The molecule has 2 heterocycles. The number of ether oxygens (including phenoxy) is 1. The van der Waals surface area contributed by atoms with Gasteiger partial charge in [0.1, 0.15) is 0 Å².